The van der Waals surface area contributed by atoms with Gasteiger partial charge in [-0.05, 0) is 31.5 Å². The maximum atomic E-state index is 12.7. The lowest BCUT2D eigenvalue weighted by atomic mass is 10.2. The molecule has 0 spiro atoms. The average Bonchev–Trinajstić information content (AvgIpc) is 2.52. The standard InChI is InChI=1S/C16H18F3N5O/c1-4-8-20-13-22-14(21-12-7-5-6-10(2)9-12)24-15(23-13)25-11(3)16(17,18)19/h4-7,9,11H,1,8H2,2-3H3,(H2,20,21,22,23,24). The molecule has 1 heterocycles. The molecule has 0 radical (unpaired) electrons. The largest absolute Gasteiger partial charge is 0.451 e. The fourth-order valence-corrected chi connectivity index (χ4v) is 1.78. The van der Waals surface area contributed by atoms with Gasteiger partial charge < -0.3 is 15.4 Å². The van der Waals surface area contributed by atoms with Crippen LogP contribution in [-0.4, -0.2) is 33.8 Å². The molecule has 0 aliphatic carbocycles. The van der Waals surface area contributed by atoms with Crippen LogP contribution in [0.2, 0.25) is 0 Å². The molecule has 2 aromatic rings. The van der Waals surface area contributed by atoms with Gasteiger partial charge in [0.15, 0.2) is 6.10 Å². The summed E-state index contributed by atoms with van der Waals surface area (Å²) in [6, 6.07) is 6.95. The summed E-state index contributed by atoms with van der Waals surface area (Å²) in [4.78, 5) is 11.9. The Bertz CT molecular complexity index is 736. The Kier molecular flexibility index (Phi) is 5.79. The van der Waals surface area contributed by atoms with Gasteiger partial charge in [0, 0.05) is 12.2 Å². The molecule has 0 saturated carbocycles. The van der Waals surface area contributed by atoms with Crippen molar-refractivity contribution in [2.45, 2.75) is 26.1 Å². The van der Waals surface area contributed by atoms with Gasteiger partial charge in [-0.15, -0.1) is 6.58 Å². The number of benzene rings is 1. The summed E-state index contributed by atoms with van der Waals surface area (Å²) >= 11 is 0. The SMILES string of the molecule is C=CCNc1nc(Nc2cccc(C)c2)nc(OC(C)C(F)(F)F)n1. The van der Waals surface area contributed by atoms with Gasteiger partial charge in [0.1, 0.15) is 0 Å². The summed E-state index contributed by atoms with van der Waals surface area (Å²) in [5, 5.41) is 5.73. The molecule has 0 aliphatic rings. The molecular weight excluding hydrogens is 335 g/mol. The zero-order chi connectivity index (χ0) is 18.4. The van der Waals surface area contributed by atoms with E-state index in [-0.39, 0.29) is 11.9 Å². The van der Waals surface area contributed by atoms with Crippen molar-refractivity contribution in [3.63, 3.8) is 0 Å². The van der Waals surface area contributed by atoms with E-state index in [1.807, 2.05) is 25.1 Å². The molecule has 6 nitrogen and oxygen atoms in total. The van der Waals surface area contributed by atoms with Crippen LogP contribution in [0.1, 0.15) is 12.5 Å². The Morgan fingerprint density at radius 3 is 2.60 bits per heavy atom. The minimum Gasteiger partial charge on any atom is -0.451 e. The van der Waals surface area contributed by atoms with Crippen LogP contribution < -0.4 is 15.4 Å². The number of anilines is 3. The molecule has 1 atom stereocenters. The zero-order valence-electron chi connectivity index (χ0n) is 13.8. The van der Waals surface area contributed by atoms with Gasteiger partial charge >= 0.3 is 12.2 Å². The normalized spacial score (nSPS) is 12.4. The molecule has 0 saturated heterocycles. The second-order valence-corrected chi connectivity index (χ2v) is 5.23. The van der Waals surface area contributed by atoms with Crippen molar-refractivity contribution < 1.29 is 17.9 Å². The van der Waals surface area contributed by atoms with Crippen LogP contribution in [0.25, 0.3) is 0 Å². The number of aromatic nitrogens is 3. The van der Waals surface area contributed by atoms with Gasteiger partial charge in [-0.25, -0.2) is 0 Å². The highest BCUT2D eigenvalue weighted by Gasteiger charge is 2.38. The third kappa shape index (κ3) is 5.63. The van der Waals surface area contributed by atoms with Crippen molar-refractivity contribution in [1.29, 1.82) is 0 Å². The zero-order valence-corrected chi connectivity index (χ0v) is 13.8. The van der Waals surface area contributed by atoms with E-state index < -0.39 is 18.3 Å². The molecule has 2 N–H and O–H groups in total. The number of hydrogen-bond acceptors (Lipinski definition) is 6. The monoisotopic (exact) mass is 353 g/mol. The van der Waals surface area contributed by atoms with Crippen molar-refractivity contribution in [2.24, 2.45) is 0 Å². The van der Waals surface area contributed by atoms with Crippen LogP contribution in [0.3, 0.4) is 0 Å². The smallest absolute Gasteiger partial charge is 0.425 e. The number of nitrogens with one attached hydrogen (secondary N) is 2. The second-order valence-electron chi connectivity index (χ2n) is 5.23. The first-order chi connectivity index (χ1) is 11.8. The lowest BCUT2D eigenvalue weighted by Crippen LogP contribution is -2.32. The Labute approximate surface area is 143 Å². The van der Waals surface area contributed by atoms with Gasteiger partial charge in [0.25, 0.3) is 0 Å². The Morgan fingerprint density at radius 2 is 1.96 bits per heavy atom. The summed E-state index contributed by atoms with van der Waals surface area (Å²) in [6.07, 6.45) is -5.00. The number of aryl methyl sites for hydroxylation is 1. The molecule has 25 heavy (non-hydrogen) atoms. The lowest BCUT2D eigenvalue weighted by molar-refractivity contribution is -0.190. The number of rotatable bonds is 7. The van der Waals surface area contributed by atoms with Gasteiger partial charge in [0.05, 0.1) is 0 Å². The van der Waals surface area contributed by atoms with Gasteiger partial charge in [0.2, 0.25) is 11.9 Å². The second kappa shape index (κ2) is 7.82. The fraction of sp³-hybridized carbons (Fsp3) is 0.312. The highest BCUT2D eigenvalue weighted by Crippen LogP contribution is 2.24. The molecule has 0 amide bonds. The third-order valence-corrected chi connectivity index (χ3v) is 3.04. The van der Waals surface area contributed by atoms with E-state index in [2.05, 4.69) is 32.2 Å². The van der Waals surface area contributed by atoms with Gasteiger partial charge in [-0.3, -0.25) is 0 Å². The maximum Gasteiger partial charge on any atom is 0.425 e. The Balaban J connectivity index is 2.27. The summed E-state index contributed by atoms with van der Waals surface area (Å²) in [5.74, 6) is 0.144. The van der Waals surface area contributed by atoms with Crippen LogP contribution in [0.5, 0.6) is 6.01 Å². The van der Waals surface area contributed by atoms with Gasteiger partial charge in [-0.1, -0.05) is 18.2 Å². The maximum absolute atomic E-state index is 12.7. The molecule has 9 heteroatoms. The minimum atomic E-state index is -4.52. The van der Waals surface area contributed by atoms with E-state index in [4.69, 9.17) is 4.74 Å². The Hall–Kier alpha value is -2.84. The minimum absolute atomic E-state index is 0.0662. The van der Waals surface area contributed by atoms with E-state index in [0.29, 0.717) is 12.2 Å². The topological polar surface area (TPSA) is 72.0 Å². The first-order valence-corrected chi connectivity index (χ1v) is 7.46. The predicted octanol–water partition coefficient (Wildman–Crippen LogP) is 3.85. The molecule has 1 aromatic carbocycles. The number of alkyl halides is 3. The molecule has 1 aromatic heterocycles. The van der Waals surface area contributed by atoms with Crippen LogP contribution in [0.15, 0.2) is 36.9 Å². The molecular formula is C16H18F3N5O. The summed E-state index contributed by atoms with van der Waals surface area (Å²) in [7, 11) is 0. The van der Waals surface area contributed by atoms with E-state index >= 15 is 0 Å². The first-order valence-electron chi connectivity index (χ1n) is 7.46. The molecule has 0 fully saturated rings. The van der Waals surface area contributed by atoms with Crippen molar-refractivity contribution in [1.82, 2.24) is 15.0 Å². The molecule has 0 aliphatic heterocycles. The fourth-order valence-electron chi connectivity index (χ4n) is 1.78. The Morgan fingerprint density at radius 1 is 1.24 bits per heavy atom. The quantitative estimate of drug-likeness (QED) is 0.737. The number of halogens is 3. The van der Waals surface area contributed by atoms with Gasteiger partial charge in [-0.2, -0.15) is 28.1 Å². The van der Waals surface area contributed by atoms with Crippen LogP contribution >= 0.6 is 0 Å². The van der Waals surface area contributed by atoms with Crippen molar-refractivity contribution in [3.8, 4) is 6.01 Å². The molecule has 134 valence electrons. The number of hydrogen-bond donors (Lipinski definition) is 2. The molecule has 2 rings (SSSR count). The van der Waals surface area contributed by atoms with Crippen LogP contribution in [0, 0.1) is 6.92 Å². The highest BCUT2D eigenvalue weighted by atomic mass is 19.4. The molecule has 0 bridgehead atoms. The predicted molar refractivity (Wildman–Crippen MR) is 89.1 cm³/mol. The van der Waals surface area contributed by atoms with Crippen molar-refractivity contribution in [3.05, 3.63) is 42.5 Å². The van der Waals surface area contributed by atoms with E-state index in [1.165, 1.54) is 0 Å². The van der Waals surface area contributed by atoms with Crippen molar-refractivity contribution in [2.75, 3.05) is 17.2 Å². The summed E-state index contributed by atoms with van der Waals surface area (Å²) < 4.78 is 42.9. The average molecular weight is 353 g/mol. The van der Waals surface area contributed by atoms with E-state index in [1.54, 1.807) is 12.1 Å². The molecule has 1 unspecified atom stereocenters. The lowest BCUT2D eigenvalue weighted by Gasteiger charge is -2.17. The van der Waals surface area contributed by atoms with E-state index in [0.717, 1.165) is 12.5 Å². The summed E-state index contributed by atoms with van der Waals surface area (Å²) in [6.45, 7) is 6.68. The third-order valence-electron chi connectivity index (χ3n) is 3.04. The first kappa shape index (κ1) is 18.5. The van der Waals surface area contributed by atoms with Crippen molar-refractivity contribution >= 4 is 17.6 Å². The highest BCUT2D eigenvalue weighted by molar-refractivity contribution is 5.55. The van der Waals surface area contributed by atoms with Crippen LogP contribution in [-0.2, 0) is 0 Å². The number of nitrogens with zero attached hydrogens (tertiary/aromatic N) is 3. The van der Waals surface area contributed by atoms with Crippen LogP contribution in [0.4, 0.5) is 30.8 Å². The number of ether oxygens (including phenoxy) is 1. The summed E-state index contributed by atoms with van der Waals surface area (Å²) in [5.41, 5.74) is 1.70. The van der Waals surface area contributed by atoms with E-state index in [9.17, 15) is 13.2 Å².